The zero-order chi connectivity index (χ0) is 27.3. The molecule has 0 saturated heterocycles. The van der Waals surface area contributed by atoms with E-state index in [-0.39, 0.29) is 35.2 Å². The van der Waals surface area contributed by atoms with Crippen molar-refractivity contribution in [3.05, 3.63) is 93.8 Å². The predicted octanol–water partition coefficient (Wildman–Crippen LogP) is 3.10. The first-order chi connectivity index (χ1) is 18.8. The number of rotatable bonds is 6. The zero-order valence-electron chi connectivity index (χ0n) is 20.7. The number of nitrogens with zero attached hydrogens (tertiary/aromatic N) is 4. The van der Waals surface area contributed by atoms with E-state index >= 15 is 0 Å². The molecule has 39 heavy (non-hydrogen) atoms. The third kappa shape index (κ3) is 4.25. The number of carbonyl (C=O) groups is 3. The summed E-state index contributed by atoms with van der Waals surface area (Å²) in [6, 6.07) is 9.71. The maximum atomic E-state index is 14.5. The number of H-pyrrole nitrogens is 1. The van der Waals surface area contributed by atoms with Crippen molar-refractivity contribution in [1.29, 1.82) is 0 Å². The summed E-state index contributed by atoms with van der Waals surface area (Å²) in [4.78, 5) is 42.0. The van der Waals surface area contributed by atoms with Crippen LogP contribution in [-0.4, -0.2) is 47.7 Å². The van der Waals surface area contributed by atoms with E-state index in [4.69, 9.17) is 0 Å². The number of halogens is 1. The standard InChI is InChI=1S/C27H22FN7O4/c1-13-16-6-7-20(18(16)5-4-17(13)27(38)39)33-26(37)23-9-22(32-24-19(28)12-31-35(23)24)25(36)29-10-14-2-3-15-11-30-34-21(15)8-14/h2-5,8-9,11-12,20H,6-7,10H2,1H3,(H,29,36)(H,30,34)(H,33,37)(H,38,39)/t20-/m0/s1. The maximum Gasteiger partial charge on any atom is 0.335 e. The maximum absolute atomic E-state index is 14.5. The monoisotopic (exact) mass is 527 g/mol. The molecule has 0 radical (unpaired) electrons. The summed E-state index contributed by atoms with van der Waals surface area (Å²) in [6.07, 6.45) is 3.80. The minimum atomic E-state index is -1.00. The van der Waals surface area contributed by atoms with Crippen LogP contribution < -0.4 is 10.6 Å². The van der Waals surface area contributed by atoms with E-state index in [0.29, 0.717) is 18.4 Å². The molecule has 0 aliphatic heterocycles. The van der Waals surface area contributed by atoms with Crippen LogP contribution in [0.1, 0.15) is 66.1 Å². The lowest BCUT2D eigenvalue weighted by Gasteiger charge is -2.16. The molecule has 1 aliphatic rings. The lowest BCUT2D eigenvalue weighted by Crippen LogP contribution is -2.30. The van der Waals surface area contributed by atoms with Gasteiger partial charge in [0.15, 0.2) is 11.5 Å². The van der Waals surface area contributed by atoms with Gasteiger partial charge in [0.05, 0.1) is 29.5 Å². The van der Waals surface area contributed by atoms with Gasteiger partial charge in [0.1, 0.15) is 11.4 Å². The fraction of sp³-hybridized carbons (Fsp3) is 0.185. The van der Waals surface area contributed by atoms with Crippen LogP contribution in [0.3, 0.4) is 0 Å². The number of aromatic nitrogens is 5. The van der Waals surface area contributed by atoms with Gasteiger partial charge in [-0.2, -0.15) is 10.2 Å². The molecule has 4 N–H and O–H groups in total. The van der Waals surface area contributed by atoms with E-state index < -0.39 is 23.6 Å². The van der Waals surface area contributed by atoms with E-state index in [2.05, 4.69) is 30.9 Å². The highest BCUT2D eigenvalue weighted by atomic mass is 19.1. The number of carboxylic acids is 1. The molecule has 2 amide bonds. The molecule has 0 fully saturated rings. The van der Waals surface area contributed by atoms with Gasteiger partial charge >= 0.3 is 5.97 Å². The minimum absolute atomic E-state index is 0.0553. The molecule has 0 unspecified atom stereocenters. The van der Waals surface area contributed by atoms with Crippen molar-refractivity contribution >= 4 is 34.3 Å². The Hall–Kier alpha value is -5.13. The van der Waals surface area contributed by atoms with Gasteiger partial charge in [-0.3, -0.25) is 14.7 Å². The highest BCUT2D eigenvalue weighted by Crippen LogP contribution is 2.35. The molecule has 0 saturated carbocycles. The highest BCUT2D eigenvalue weighted by molar-refractivity contribution is 5.98. The Morgan fingerprint density at radius 3 is 2.82 bits per heavy atom. The van der Waals surface area contributed by atoms with Crippen LogP contribution in [0.15, 0.2) is 48.8 Å². The molecule has 196 valence electrons. The number of nitrogens with one attached hydrogen (secondary N) is 3. The number of benzene rings is 2. The van der Waals surface area contributed by atoms with Crippen LogP contribution in [0, 0.1) is 12.7 Å². The molecule has 0 bridgehead atoms. The first-order valence-electron chi connectivity index (χ1n) is 12.2. The normalized spacial score (nSPS) is 14.5. The van der Waals surface area contributed by atoms with E-state index in [1.54, 1.807) is 19.2 Å². The van der Waals surface area contributed by atoms with Crippen LogP contribution >= 0.6 is 0 Å². The van der Waals surface area contributed by atoms with Gasteiger partial charge in [-0.05, 0) is 54.2 Å². The fourth-order valence-electron chi connectivity index (χ4n) is 5.08. The topological polar surface area (TPSA) is 154 Å². The van der Waals surface area contributed by atoms with Crippen molar-refractivity contribution in [3.8, 4) is 0 Å². The second-order valence-corrected chi connectivity index (χ2v) is 9.40. The predicted molar refractivity (Wildman–Crippen MR) is 137 cm³/mol. The summed E-state index contributed by atoms with van der Waals surface area (Å²) < 4.78 is 15.5. The summed E-state index contributed by atoms with van der Waals surface area (Å²) in [5.74, 6) is -2.93. The van der Waals surface area contributed by atoms with Crippen molar-refractivity contribution < 1.29 is 23.9 Å². The molecular formula is C27H22FN7O4. The number of carboxylic acid groups (broad SMARTS) is 1. The smallest absolute Gasteiger partial charge is 0.335 e. The van der Waals surface area contributed by atoms with Crippen molar-refractivity contribution in [2.45, 2.75) is 32.4 Å². The molecule has 2 aromatic carbocycles. The molecule has 1 aliphatic carbocycles. The van der Waals surface area contributed by atoms with Crippen molar-refractivity contribution in [1.82, 2.24) is 35.4 Å². The first kappa shape index (κ1) is 24.2. The quantitative estimate of drug-likeness (QED) is 0.265. The van der Waals surface area contributed by atoms with Gasteiger partial charge in [-0.25, -0.2) is 18.7 Å². The molecule has 5 aromatic rings. The molecule has 1 atom stereocenters. The largest absolute Gasteiger partial charge is 0.478 e. The van der Waals surface area contributed by atoms with Gasteiger partial charge in [-0.1, -0.05) is 18.2 Å². The second kappa shape index (κ2) is 9.31. The number of hydrogen-bond donors (Lipinski definition) is 4. The minimum Gasteiger partial charge on any atom is -0.478 e. The molecule has 12 heteroatoms. The van der Waals surface area contributed by atoms with Crippen molar-refractivity contribution in [3.63, 3.8) is 0 Å². The van der Waals surface area contributed by atoms with Gasteiger partial charge < -0.3 is 15.7 Å². The molecule has 0 spiro atoms. The van der Waals surface area contributed by atoms with E-state index in [1.807, 2.05) is 18.2 Å². The summed E-state index contributed by atoms with van der Waals surface area (Å²) in [6.45, 7) is 1.93. The third-order valence-corrected chi connectivity index (χ3v) is 7.08. The van der Waals surface area contributed by atoms with E-state index in [1.165, 1.54) is 12.1 Å². The van der Waals surface area contributed by atoms with Crippen LogP contribution in [0.5, 0.6) is 0 Å². The SMILES string of the molecule is Cc1c(C(=O)O)ccc2c1CC[C@@H]2NC(=O)c1cc(C(=O)NCc2ccc3cn[nH]c3c2)nc2c(F)cnn12. The highest BCUT2D eigenvalue weighted by Gasteiger charge is 2.29. The number of hydrogen-bond acceptors (Lipinski definition) is 6. The zero-order valence-corrected chi connectivity index (χ0v) is 20.7. The van der Waals surface area contributed by atoms with Gasteiger partial charge in [0.2, 0.25) is 0 Å². The molecule has 11 nitrogen and oxygen atoms in total. The summed E-state index contributed by atoms with van der Waals surface area (Å²) >= 11 is 0. The van der Waals surface area contributed by atoms with Gasteiger partial charge in [0.25, 0.3) is 11.8 Å². The Bertz CT molecular complexity index is 1810. The van der Waals surface area contributed by atoms with Crippen molar-refractivity contribution in [2.24, 2.45) is 0 Å². The number of fused-ring (bicyclic) bond motifs is 3. The number of carbonyl (C=O) groups excluding carboxylic acids is 2. The Morgan fingerprint density at radius 1 is 1.15 bits per heavy atom. The Kier molecular flexibility index (Phi) is 5.78. The Labute approximate surface area is 220 Å². The second-order valence-electron chi connectivity index (χ2n) is 9.40. The lowest BCUT2D eigenvalue weighted by atomic mass is 9.98. The third-order valence-electron chi connectivity index (χ3n) is 7.08. The number of aromatic amines is 1. The van der Waals surface area contributed by atoms with Crippen LogP contribution in [0.4, 0.5) is 4.39 Å². The summed E-state index contributed by atoms with van der Waals surface area (Å²) in [5.41, 5.74) is 3.81. The molecule has 6 rings (SSSR count). The average molecular weight is 528 g/mol. The molecule has 3 aromatic heterocycles. The van der Waals surface area contributed by atoms with Crippen molar-refractivity contribution in [2.75, 3.05) is 0 Å². The Morgan fingerprint density at radius 2 is 2.00 bits per heavy atom. The number of amides is 2. The van der Waals surface area contributed by atoms with Crippen LogP contribution in [0.25, 0.3) is 16.6 Å². The summed E-state index contributed by atoms with van der Waals surface area (Å²) in [5, 5.41) is 26.8. The van der Waals surface area contributed by atoms with E-state index in [0.717, 1.165) is 38.3 Å². The number of aromatic carboxylic acids is 1. The van der Waals surface area contributed by atoms with E-state index in [9.17, 15) is 23.9 Å². The first-order valence-corrected chi connectivity index (χ1v) is 12.2. The summed E-state index contributed by atoms with van der Waals surface area (Å²) in [7, 11) is 0. The van der Waals surface area contributed by atoms with Gasteiger partial charge in [0, 0.05) is 18.0 Å². The Balaban J connectivity index is 1.26. The molecular weight excluding hydrogens is 505 g/mol. The van der Waals surface area contributed by atoms with Crippen LogP contribution in [-0.2, 0) is 13.0 Å². The fourth-order valence-corrected chi connectivity index (χ4v) is 5.08. The lowest BCUT2D eigenvalue weighted by molar-refractivity contribution is 0.0695. The average Bonchev–Trinajstić information content (AvgIpc) is 3.65. The van der Waals surface area contributed by atoms with Crippen LogP contribution in [0.2, 0.25) is 0 Å². The van der Waals surface area contributed by atoms with Gasteiger partial charge in [-0.15, -0.1) is 0 Å². The molecule has 3 heterocycles.